The Hall–Kier alpha value is -3.35. The lowest BCUT2D eigenvalue weighted by Crippen LogP contribution is -2.42. The minimum atomic E-state index is -0.294. The van der Waals surface area contributed by atoms with Crippen LogP contribution in [0.5, 0.6) is 11.5 Å². The maximum Gasteiger partial charge on any atom is 0.261 e. The molecule has 2 aliphatic heterocycles. The predicted molar refractivity (Wildman–Crippen MR) is 105 cm³/mol. The van der Waals surface area contributed by atoms with E-state index in [0.717, 1.165) is 0 Å². The van der Waals surface area contributed by atoms with Gasteiger partial charge in [-0.15, -0.1) is 0 Å². The zero-order valence-corrected chi connectivity index (χ0v) is 16.2. The molecule has 7 heteroatoms. The summed E-state index contributed by atoms with van der Waals surface area (Å²) in [6, 6.07) is 14.2. The molecule has 150 valence electrons. The average Bonchev–Trinajstić information content (AvgIpc) is 2.98. The second-order valence-corrected chi connectivity index (χ2v) is 7.18. The summed E-state index contributed by atoms with van der Waals surface area (Å²) in [6.07, 6.45) is 0.420. The third-order valence-electron chi connectivity index (χ3n) is 5.12. The maximum atomic E-state index is 12.5. The molecule has 0 N–H and O–H groups in total. The lowest BCUT2D eigenvalue weighted by molar-refractivity contribution is -0.131. The van der Waals surface area contributed by atoms with E-state index in [0.29, 0.717) is 42.2 Å². The number of hydrogen-bond donors (Lipinski definition) is 0. The van der Waals surface area contributed by atoms with E-state index >= 15 is 0 Å². The highest BCUT2D eigenvalue weighted by Crippen LogP contribution is 2.31. The first-order valence-electron chi connectivity index (χ1n) is 9.62. The van der Waals surface area contributed by atoms with Gasteiger partial charge in [-0.3, -0.25) is 19.3 Å². The van der Waals surface area contributed by atoms with Crippen molar-refractivity contribution in [1.29, 1.82) is 0 Å². The molecule has 0 saturated carbocycles. The third kappa shape index (κ3) is 3.81. The normalized spacial score (nSPS) is 17.3. The summed E-state index contributed by atoms with van der Waals surface area (Å²) in [6.45, 7) is 1.01. The first-order valence-corrected chi connectivity index (χ1v) is 9.62. The molecular weight excluding hydrogens is 372 g/mol. The van der Waals surface area contributed by atoms with Gasteiger partial charge in [0.2, 0.25) is 5.91 Å². The van der Waals surface area contributed by atoms with E-state index in [9.17, 15) is 14.4 Å². The van der Waals surface area contributed by atoms with Crippen molar-refractivity contribution < 1.29 is 23.9 Å². The number of nitrogens with zero attached hydrogens (tertiary/aromatic N) is 2. The number of carbonyl (C=O) groups is 3. The van der Waals surface area contributed by atoms with E-state index in [4.69, 9.17) is 9.47 Å². The second-order valence-electron chi connectivity index (χ2n) is 7.18. The van der Waals surface area contributed by atoms with Crippen LogP contribution in [0.3, 0.4) is 0 Å². The summed E-state index contributed by atoms with van der Waals surface area (Å²) in [7, 11) is 1.72. The van der Waals surface area contributed by atoms with Gasteiger partial charge < -0.3 is 14.4 Å². The minimum Gasteiger partial charge on any atom is -0.486 e. The zero-order chi connectivity index (χ0) is 20.4. The quantitative estimate of drug-likeness (QED) is 0.703. The summed E-state index contributed by atoms with van der Waals surface area (Å²) in [4.78, 5) is 40.0. The van der Waals surface area contributed by atoms with Crippen LogP contribution in [-0.4, -0.2) is 60.4 Å². The predicted octanol–water partition coefficient (Wildman–Crippen LogP) is 2.36. The molecule has 1 unspecified atom stereocenters. The van der Waals surface area contributed by atoms with E-state index in [2.05, 4.69) is 0 Å². The largest absolute Gasteiger partial charge is 0.486 e. The minimum absolute atomic E-state index is 0.0657. The molecule has 7 nitrogen and oxygen atoms in total. The van der Waals surface area contributed by atoms with Crippen LogP contribution in [0.4, 0.5) is 0 Å². The number of imide groups is 1. The molecule has 2 aromatic rings. The van der Waals surface area contributed by atoms with Crippen molar-refractivity contribution in [2.75, 3.05) is 26.7 Å². The van der Waals surface area contributed by atoms with Gasteiger partial charge in [-0.2, -0.15) is 0 Å². The summed E-state index contributed by atoms with van der Waals surface area (Å²) < 4.78 is 11.6. The fraction of sp³-hybridized carbons (Fsp3) is 0.318. The molecule has 4 rings (SSSR count). The number of benzene rings is 2. The molecule has 3 amide bonds. The molecule has 0 radical (unpaired) electrons. The number of ether oxygens (including phenoxy) is 2. The van der Waals surface area contributed by atoms with Gasteiger partial charge in [-0.1, -0.05) is 24.3 Å². The molecular formula is C22H22N2O5. The zero-order valence-electron chi connectivity index (χ0n) is 16.2. The van der Waals surface area contributed by atoms with Crippen molar-refractivity contribution in [2.45, 2.75) is 18.9 Å². The molecule has 0 spiro atoms. The number of amides is 3. The van der Waals surface area contributed by atoms with Crippen LogP contribution in [0.15, 0.2) is 48.5 Å². The average molecular weight is 394 g/mol. The highest BCUT2D eigenvalue weighted by molar-refractivity contribution is 6.21. The van der Waals surface area contributed by atoms with Crippen LogP contribution in [0.2, 0.25) is 0 Å². The molecule has 2 aromatic carbocycles. The number of carbonyl (C=O) groups excluding carboxylic acids is 3. The molecule has 0 saturated heterocycles. The Morgan fingerprint density at radius 3 is 2.34 bits per heavy atom. The van der Waals surface area contributed by atoms with Crippen LogP contribution in [0.1, 0.15) is 33.6 Å². The molecule has 0 fully saturated rings. The lowest BCUT2D eigenvalue weighted by atomic mass is 10.1. The summed E-state index contributed by atoms with van der Waals surface area (Å²) in [5.41, 5.74) is 0.853. The Morgan fingerprint density at radius 2 is 1.66 bits per heavy atom. The van der Waals surface area contributed by atoms with E-state index in [1.54, 1.807) is 36.2 Å². The van der Waals surface area contributed by atoms with Crippen LogP contribution in [0, 0.1) is 0 Å². The SMILES string of the molecule is CN(CC1COc2ccccc2O1)C(=O)CCCN1C(=O)c2ccccc2C1=O. The second kappa shape index (κ2) is 7.95. The summed E-state index contributed by atoms with van der Waals surface area (Å²) in [5, 5.41) is 0. The Bertz CT molecular complexity index is 923. The number of hydrogen-bond acceptors (Lipinski definition) is 5. The smallest absolute Gasteiger partial charge is 0.261 e. The van der Waals surface area contributed by atoms with Crippen molar-refractivity contribution in [3.05, 3.63) is 59.7 Å². The molecule has 29 heavy (non-hydrogen) atoms. The number of rotatable bonds is 6. The van der Waals surface area contributed by atoms with Gasteiger partial charge in [-0.05, 0) is 30.7 Å². The highest BCUT2D eigenvalue weighted by Gasteiger charge is 2.34. The van der Waals surface area contributed by atoms with Crippen LogP contribution >= 0.6 is 0 Å². The van der Waals surface area contributed by atoms with E-state index < -0.39 is 0 Å². The van der Waals surface area contributed by atoms with Crippen molar-refractivity contribution in [2.24, 2.45) is 0 Å². The van der Waals surface area contributed by atoms with Gasteiger partial charge in [0, 0.05) is 20.0 Å². The van der Waals surface area contributed by atoms with Crippen molar-refractivity contribution in [3.63, 3.8) is 0 Å². The van der Waals surface area contributed by atoms with Gasteiger partial charge >= 0.3 is 0 Å². The fourth-order valence-corrected chi connectivity index (χ4v) is 3.58. The highest BCUT2D eigenvalue weighted by atomic mass is 16.6. The Balaban J connectivity index is 1.25. The van der Waals surface area contributed by atoms with Gasteiger partial charge in [-0.25, -0.2) is 0 Å². The standard InChI is InChI=1S/C22H22N2O5/c1-23(13-15-14-28-18-9-4-5-10-19(18)29-15)20(25)11-6-12-24-21(26)16-7-2-3-8-17(16)22(24)27/h2-5,7-10,15H,6,11-14H2,1H3. The van der Waals surface area contributed by atoms with E-state index in [-0.39, 0.29) is 36.8 Å². The number of para-hydroxylation sites is 2. The maximum absolute atomic E-state index is 12.5. The molecule has 2 heterocycles. The fourth-order valence-electron chi connectivity index (χ4n) is 3.58. The van der Waals surface area contributed by atoms with Gasteiger partial charge in [0.15, 0.2) is 17.6 Å². The first-order chi connectivity index (χ1) is 14.0. The Labute approximate surface area is 168 Å². The summed E-state index contributed by atoms with van der Waals surface area (Å²) >= 11 is 0. The monoisotopic (exact) mass is 394 g/mol. The van der Waals surface area contributed by atoms with Crippen LogP contribution in [0.25, 0.3) is 0 Å². The van der Waals surface area contributed by atoms with Crippen molar-refractivity contribution in [3.8, 4) is 11.5 Å². The van der Waals surface area contributed by atoms with Gasteiger partial charge in [0.1, 0.15) is 6.61 Å². The van der Waals surface area contributed by atoms with Gasteiger partial charge in [0.05, 0.1) is 17.7 Å². The number of fused-ring (bicyclic) bond motifs is 2. The first kappa shape index (κ1) is 19.0. The Morgan fingerprint density at radius 1 is 1.03 bits per heavy atom. The van der Waals surface area contributed by atoms with Crippen LogP contribution < -0.4 is 9.47 Å². The summed E-state index contributed by atoms with van der Waals surface area (Å²) in [5.74, 6) is 0.730. The van der Waals surface area contributed by atoms with E-state index in [1.807, 2.05) is 24.3 Å². The van der Waals surface area contributed by atoms with Gasteiger partial charge in [0.25, 0.3) is 11.8 Å². The molecule has 0 bridgehead atoms. The van der Waals surface area contributed by atoms with Crippen LogP contribution in [-0.2, 0) is 4.79 Å². The molecule has 0 aromatic heterocycles. The molecule has 1 atom stereocenters. The van der Waals surface area contributed by atoms with Crippen molar-refractivity contribution >= 4 is 17.7 Å². The molecule has 2 aliphatic rings. The van der Waals surface area contributed by atoms with Crippen molar-refractivity contribution in [1.82, 2.24) is 9.80 Å². The molecule has 0 aliphatic carbocycles. The van der Waals surface area contributed by atoms with E-state index in [1.165, 1.54) is 4.90 Å². The lowest BCUT2D eigenvalue weighted by Gasteiger charge is -2.29. The topological polar surface area (TPSA) is 76.2 Å². The Kier molecular flexibility index (Phi) is 5.20. The third-order valence-corrected chi connectivity index (χ3v) is 5.12. The number of likely N-dealkylation sites (N-methyl/N-ethyl adjacent to an activating group) is 1.